The number of nitrogens with zero attached hydrogens (tertiary/aromatic N) is 4. The Kier molecular flexibility index (Phi) is 5.03. The Morgan fingerprint density at radius 3 is 2.88 bits per heavy atom. The first kappa shape index (κ1) is 16.6. The number of amides is 1. The molecule has 0 spiro atoms. The molecular formula is C18H19N5O2. The number of nitrogens with one attached hydrogen (secondary N) is 1. The van der Waals surface area contributed by atoms with Gasteiger partial charge in [-0.1, -0.05) is 6.07 Å². The van der Waals surface area contributed by atoms with Gasteiger partial charge in [-0.15, -0.1) is 0 Å². The summed E-state index contributed by atoms with van der Waals surface area (Å²) in [6, 6.07) is 9.06. The van der Waals surface area contributed by atoms with Crippen LogP contribution in [-0.4, -0.2) is 32.3 Å². The quantitative estimate of drug-likeness (QED) is 0.746. The minimum Gasteiger partial charge on any atom is -0.477 e. The zero-order chi connectivity index (χ0) is 17.6. The Morgan fingerprint density at radius 1 is 1.24 bits per heavy atom. The Balaban J connectivity index is 1.78. The molecule has 0 saturated heterocycles. The van der Waals surface area contributed by atoms with Crippen molar-refractivity contribution in [3.8, 4) is 11.7 Å². The van der Waals surface area contributed by atoms with E-state index in [1.165, 1.54) is 0 Å². The smallest absolute Gasteiger partial charge is 0.257 e. The number of carbonyl (C=O) groups excluding carboxylic acids is 1. The van der Waals surface area contributed by atoms with E-state index < -0.39 is 0 Å². The van der Waals surface area contributed by atoms with Crippen LogP contribution in [0, 0.1) is 6.92 Å². The molecule has 25 heavy (non-hydrogen) atoms. The van der Waals surface area contributed by atoms with Gasteiger partial charge in [0.15, 0.2) is 5.82 Å². The molecular weight excluding hydrogens is 318 g/mol. The fourth-order valence-electron chi connectivity index (χ4n) is 2.39. The normalized spacial score (nSPS) is 10.5. The van der Waals surface area contributed by atoms with Crippen LogP contribution in [0.1, 0.15) is 28.5 Å². The number of hydrogen-bond donors (Lipinski definition) is 1. The topological polar surface area (TPSA) is 81.9 Å². The van der Waals surface area contributed by atoms with Crippen molar-refractivity contribution >= 4 is 5.91 Å². The summed E-state index contributed by atoms with van der Waals surface area (Å²) >= 11 is 0. The monoisotopic (exact) mass is 337 g/mol. The maximum atomic E-state index is 12.5. The molecule has 0 unspecified atom stereocenters. The van der Waals surface area contributed by atoms with Crippen LogP contribution in [-0.2, 0) is 6.54 Å². The fraction of sp³-hybridized carbons (Fsp3) is 0.222. The van der Waals surface area contributed by atoms with Gasteiger partial charge in [0, 0.05) is 36.4 Å². The van der Waals surface area contributed by atoms with Crippen molar-refractivity contribution in [1.82, 2.24) is 25.1 Å². The predicted molar refractivity (Wildman–Crippen MR) is 92.7 cm³/mol. The van der Waals surface area contributed by atoms with Crippen molar-refractivity contribution in [3.63, 3.8) is 0 Å². The van der Waals surface area contributed by atoms with Gasteiger partial charge in [-0.2, -0.15) is 5.10 Å². The maximum absolute atomic E-state index is 12.5. The van der Waals surface area contributed by atoms with Crippen molar-refractivity contribution in [2.24, 2.45) is 0 Å². The highest BCUT2D eigenvalue weighted by Gasteiger charge is 2.15. The molecule has 0 bridgehead atoms. The molecule has 1 N–H and O–H groups in total. The number of aryl methyl sites for hydroxylation is 1. The molecule has 0 saturated carbocycles. The van der Waals surface area contributed by atoms with Crippen molar-refractivity contribution in [1.29, 1.82) is 0 Å². The highest BCUT2D eigenvalue weighted by Crippen LogP contribution is 2.17. The Morgan fingerprint density at radius 2 is 2.12 bits per heavy atom. The average molecular weight is 337 g/mol. The summed E-state index contributed by atoms with van der Waals surface area (Å²) in [6.45, 7) is 4.48. The van der Waals surface area contributed by atoms with Gasteiger partial charge in [0.1, 0.15) is 5.56 Å². The van der Waals surface area contributed by atoms with Crippen molar-refractivity contribution in [3.05, 3.63) is 65.7 Å². The van der Waals surface area contributed by atoms with E-state index in [0.29, 0.717) is 30.4 Å². The number of carbonyl (C=O) groups is 1. The molecule has 3 aromatic heterocycles. The summed E-state index contributed by atoms with van der Waals surface area (Å²) in [5, 5.41) is 7.09. The van der Waals surface area contributed by atoms with Gasteiger partial charge in [-0.25, -0.2) is 14.6 Å². The highest BCUT2D eigenvalue weighted by molar-refractivity contribution is 5.96. The first-order valence-electron chi connectivity index (χ1n) is 8.01. The third-order valence-corrected chi connectivity index (χ3v) is 3.55. The summed E-state index contributed by atoms with van der Waals surface area (Å²) in [5.74, 6) is 0.782. The number of hydrogen-bond acceptors (Lipinski definition) is 5. The van der Waals surface area contributed by atoms with Crippen LogP contribution in [0.5, 0.6) is 5.88 Å². The van der Waals surface area contributed by atoms with E-state index in [9.17, 15) is 4.79 Å². The van der Waals surface area contributed by atoms with E-state index in [1.54, 1.807) is 29.2 Å². The molecule has 3 heterocycles. The Labute approximate surface area is 145 Å². The van der Waals surface area contributed by atoms with E-state index in [4.69, 9.17) is 4.74 Å². The van der Waals surface area contributed by atoms with Crippen molar-refractivity contribution in [2.75, 3.05) is 6.61 Å². The van der Waals surface area contributed by atoms with Gasteiger partial charge in [0.2, 0.25) is 5.88 Å². The number of pyridine rings is 2. The number of ether oxygens (including phenoxy) is 1. The SMILES string of the molecule is CCOc1nc(C)ccc1C(=O)NCc1cccnc1-n1cccn1. The first-order chi connectivity index (χ1) is 12.2. The van der Waals surface area contributed by atoms with Crippen LogP contribution >= 0.6 is 0 Å². The van der Waals surface area contributed by atoms with E-state index in [0.717, 1.165) is 11.3 Å². The van der Waals surface area contributed by atoms with Gasteiger partial charge in [-0.3, -0.25) is 4.79 Å². The first-order valence-corrected chi connectivity index (χ1v) is 8.01. The molecule has 0 aliphatic carbocycles. The minimum atomic E-state index is -0.244. The van der Waals surface area contributed by atoms with Crippen molar-refractivity contribution < 1.29 is 9.53 Å². The molecule has 128 valence electrons. The van der Waals surface area contributed by atoms with E-state index in [1.807, 2.05) is 38.2 Å². The van der Waals surface area contributed by atoms with Gasteiger partial charge in [0.25, 0.3) is 5.91 Å². The molecule has 0 aromatic carbocycles. The van der Waals surface area contributed by atoms with Crippen LogP contribution in [0.4, 0.5) is 0 Å². The molecule has 3 aromatic rings. The molecule has 0 aliphatic rings. The second-order valence-corrected chi connectivity index (χ2v) is 5.36. The lowest BCUT2D eigenvalue weighted by molar-refractivity contribution is 0.0946. The molecule has 0 aliphatic heterocycles. The third-order valence-electron chi connectivity index (χ3n) is 3.55. The van der Waals surface area contributed by atoms with Gasteiger partial charge in [-0.05, 0) is 38.1 Å². The zero-order valence-electron chi connectivity index (χ0n) is 14.1. The third kappa shape index (κ3) is 3.82. The van der Waals surface area contributed by atoms with E-state index in [-0.39, 0.29) is 5.91 Å². The van der Waals surface area contributed by atoms with Crippen LogP contribution in [0.15, 0.2) is 48.9 Å². The molecule has 0 atom stereocenters. The second kappa shape index (κ2) is 7.57. The zero-order valence-corrected chi connectivity index (χ0v) is 14.1. The predicted octanol–water partition coefficient (Wildman–Crippen LogP) is 2.30. The lowest BCUT2D eigenvalue weighted by atomic mass is 10.2. The summed E-state index contributed by atoms with van der Waals surface area (Å²) in [6.07, 6.45) is 5.19. The van der Waals surface area contributed by atoms with E-state index in [2.05, 4.69) is 20.4 Å². The second-order valence-electron chi connectivity index (χ2n) is 5.36. The number of aromatic nitrogens is 4. The summed E-state index contributed by atoms with van der Waals surface area (Å²) < 4.78 is 7.14. The van der Waals surface area contributed by atoms with Gasteiger partial charge < -0.3 is 10.1 Å². The van der Waals surface area contributed by atoms with E-state index >= 15 is 0 Å². The van der Waals surface area contributed by atoms with Gasteiger partial charge >= 0.3 is 0 Å². The lowest BCUT2D eigenvalue weighted by Crippen LogP contribution is -2.25. The fourth-order valence-corrected chi connectivity index (χ4v) is 2.39. The molecule has 3 rings (SSSR count). The number of rotatable bonds is 6. The summed E-state index contributed by atoms with van der Waals surface area (Å²) in [7, 11) is 0. The minimum absolute atomic E-state index is 0.244. The standard InChI is InChI=1S/C18H19N5O2/c1-3-25-18-15(8-7-13(2)22-18)17(24)20-12-14-6-4-9-19-16(14)23-11-5-10-21-23/h4-11H,3,12H2,1-2H3,(H,20,24). The lowest BCUT2D eigenvalue weighted by Gasteiger charge is -2.12. The molecule has 7 nitrogen and oxygen atoms in total. The Bertz CT molecular complexity index is 862. The van der Waals surface area contributed by atoms with Crippen LogP contribution in [0.25, 0.3) is 5.82 Å². The Hall–Kier alpha value is -3.22. The highest BCUT2D eigenvalue weighted by atomic mass is 16.5. The average Bonchev–Trinajstić information content (AvgIpc) is 3.15. The summed E-state index contributed by atoms with van der Waals surface area (Å²) in [4.78, 5) is 21.2. The largest absolute Gasteiger partial charge is 0.477 e. The molecule has 7 heteroatoms. The summed E-state index contributed by atoms with van der Waals surface area (Å²) in [5.41, 5.74) is 2.07. The maximum Gasteiger partial charge on any atom is 0.257 e. The van der Waals surface area contributed by atoms with Crippen molar-refractivity contribution in [2.45, 2.75) is 20.4 Å². The van der Waals surface area contributed by atoms with Crippen LogP contribution in [0.3, 0.4) is 0 Å². The van der Waals surface area contributed by atoms with Crippen LogP contribution < -0.4 is 10.1 Å². The molecule has 0 fully saturated rings. The molecule has 0 radical (unpaired) electrons. The molecule has 1 amide bonds. The van der Waals surface area contributed by atoms with Crippen LogP contribution in [0.2, 0.25) is 0 Å². The van der Waals surface area contributed by atoms with Gasteiger partial charge in [0.05, 0.1) is 6.61 Å².